The van der Waals surface area contributed by atoms with Gasteiger partial charge in [-0.15, -0.1) is 11.3 Å². The van der Waals surface area contributed by atoms with E-state index in [1.54, 1.807) is 11.3 Å². The van der Waals surface area contributed by atoms with E-state index in [9.17, 15) is 9.90 Å². The number of hydrogen-bond donors (Lipinski definition) is 1. The molecule has 0 aliphatic carbocycles. The van der Waals surface area contributed by atoms with Crippen LogP contribution >= 0.6 is 11.3 Å². The van der Waals surface area contributed by atoms with Gasteiger partial charge in [0.25, 0.3) is 5.91 Å². The molecule has 3 heterocycles. The number of hydrogen-bond acceptors (Lipinski definition) is 4. The van der Waals surface area contributed by atoms with Gasteiger partial charge in [0, 0.05) is 23.1 Å². The Balaban J connectivity index is 1.68. The van der Waals surface area contributed by atoms with Crippen LogP contribution in [0, 0.1) is 5.41 Å². The summed E-state index contributed by atoms with van der Waals surface area (Å²) in [6, 6.07) is 6.25. The lowest BCUT2D eigenvalue weighted by Crippen LogP contribution is -2.42. The number of aliphatic hydroxyl groups excluding tert-OH is 1. The Labute approximate surface area is 133 Å². The van der Waals surface area contributed by atoms with E-state index in [4.69, 9.17) is 0 Å². The Morgan fingerprint density at radius 2 is 2.36 bits per heavy atom. The minimum atomic E-state index is -0.0901. The van der Waals surface area contributed by atoms with Crippen LogP contribution in [0.4, 0.5) is 0 Å². The second-order valence-electron chi connectivity index (χ2n) is 6.57. The lowest BCUT2D eigenvalue weighted by atomic mass is 9.72. The summed E-state index contributed by atoms with van der Waals surface area (Å²) in [7, 11) is 0. The third-order valence-corrected chi connectivity index (χ3v) is 6.48. The van der Waals surface area contributed by atoms with Crippen LogP contribution in [0.5, 0.6) is 0 Å². The molecule has 2 aliphatic rings. The van der Waals surface area contributed by atoms with E-state index in [0.29, 0.717) is 6.04 Å². The van der Waals surface area contributed by atoms with E-state index in [1.807, 2.05) is 23.7 Å². The normalized spacial score (nSPS) is 30.4. The van der Waals surface area contributed by atoms with E-state index in [2.05, 4.69) is 16.8 Å². The van der Waals surface area contributed by atoms with E-state index in [1.165, 1.54) is 0 Å². The van der Waals surface area contributed by atoms with Crippen molar-refractivity contribution in [2.24, 2.45) is 5.41 Å². The van der Waals surface area contributed by atoms with E-state index in [0.717, 1.165) is 41.5 Å². The summed E-state index contributed by atoms with van der Waals surface area (Å²) in [6.07, 6.45) is 3.97. The molecule has 0 radical (unpaired) electrons. The molecule has 2 bridgehead atoms. The van der Waals surface area contributed by atoms with Crippen molar-refractivity contribution < 1.29 is 9.90 Å². The molecule has 2 aliphatic heterocycles. The maximum atomic E-state index is 13.0. The first-order valence-corrected chi connectivity index (χ1v) is 8.83. The predicted octanol–water partition coefficient (Wildman–Crippen LogP) is 3.06. The van der Waals surface area contributed by atoms with E-state index >= 15 is 0 Å². The molecule has 2 fully saturated rings. The first kappa shape index (κ1) is 14.2. The molecular formula is C17H20N2O2S. The van der Waals surface area contributed by atoms with Gasteiger partial charge in [-0.1, -0.05) is 6.92 Å². The van der Waals surface area contributed by atoms with Gasteiger partial charge >= 0.3 is 0 Å². The van der Waals surface area contributed by atoms with Crippen molar-refractivity contribution in [1.29, 1.82) is 0 Å². The maximum Gasteiger partial charge on any atom is 0.254 e. The van der Waals surface area contributed by atoms with Gasteiger partial charge < -0.3 is 10.0 Å². The molecule has 5 heteroatoms. The summed E-state index contributed by atoms with van der Waals surface area (Å²) in [5.41, 5.74) is 3.42. The van der Waals surface area contributed by atoms with Gasteiger partial charge in [0.15, 0.2) is 0 Å². The highest BCUT2D eigenvalue weighted by molar-refractivity contribution is 7.16. The average Bonchev–Trinajstić information content (AvgIpc) is 3.26. The van der Waals surface area contributed by atoms with Crippen LogP contribution in [-0.2, 0) is 0 Å². The van der Waals surface area contributed by atoms with Gasteiger partial charge in [0.1, 0.15) is 0 Å². The second-order valence-corrected chi connectivity index (χ2v) is 7.46. The molecule has 1 amide bonds. The molecule has 0 saturated carbocycles. The Bertz CT molecular complexity index is 722. The highest BCUT2D eigenvalue weighted by Crippen LogP contribution is 2.51. The first-order chi connectivity index (χ1) is 10.7. The number of nitrogens with zero attached hydrogens (tertiary/aromatic N) is 2. The van der Waals surface area contributed by atoms with Crippen molar-refractivity contribution in [3.05, 3.63) is 29.3 Å². The first-order valence-electron chi connectivity index (χ1n) is 7.95. The Morgan fingerprint density at radius 3 is 3.09 bits per heavy atom. The fourth-order valence-corrected chi connectivity index (χ4v) is 5.11. The standard InChI is InChI=1S/C17H20N2O2S/c1-2-17(9-20)8-12-4-6-15(17)19(12)16(21)11-3-5-13-14(7-11)22-10-18-13/h3,5,7,10,12,15,20H,2,4,6,8-9H2,1H3/t12-,15+,17-/m0/s1. The number of aliphatic hydroxyl groups is 1. The largest absolute Gasteiger partial charge is 0.396 e. The number of carbonyl (C=O) groups excluding carboxylic acids is 1. The Hall–Kier alpha value is -1.46. The minimum Gasteiger partial charge on any atom is -0.396 e. The molecular weight excluding hydrogens is 296 g/mol. The van der Waals surface area contributed by atoms with Gasteiger partial charge in [0.2, 0.25) is 0 Å². The van der Waals surface area contributed by atoms with Crippen LogP contribution in [0.3, 0.4) is 0 Å². The molecule has 1 aromatic heterocycles. The van der Waals surface area contributed by atoms with Crippen LogP contribution in [0.2, 0.25) is 0 Å². The molecule has 4 rings (SSSR count). The number of rotatable bonds is 3. The average molecular weight is 316 g/mol. The van der Waals surface area contributed by atoms with Gasteiger partial charge in [-0.05, 0) is 43.9 Å². The van der Waals surface area contributed by atoms with Gasteiger partial charge in [-0.2, -0.15) is 0 Å². The van der Waals surface area contributed by atoms with Crippen LogP contribution in [-0.4, -0.2) is 39.6 Å². The second kappa shape index (κ2) is 5.03. The lowest BCUT2D eigenvalue weighted by molar-refractivity contribution is 0.0557. The topological polar surface area (TPSA) is 53.4 Å². The zero-order chi connectivity index (χ0) is 15.3. The number of aromatic nitrogens is 1. The fraction of sp³-hybridized carbons (Fsp3) is 0.529. The number of thiazole rings is 1. The number of amides is 1. The molecule has 4 nitrogen and oxygen atoms in total. The summed E-state index contributed by atoms with van der Waals surface area (Å²) in [5, 5.41) is 9.88. The highest BCUT2D eigenvalue weighted by Gasteiger charge is 2.56. The predicted molar refractivity (Wildman–Crippen MR) is 87.0 cm³/mol. The molecule has 116 valence electrons. The van der Waals surface area contributed by atoms with Gasteiger partial charge in [0.05, 0.1) is 22.3 Å². The van der Waals surface area contributed by atoms with Gasteiger partial charge in [-0.3, -0.25) is 4.79 Å². The number of carbonyl (C=O) groups is 1. The summed E-state index contributed by atoms with van der Waals surface area (Å²) in [6.45, 7) is 2.31. The maximum absolute atomic E-state index is 13.0. The molecule has 2 aromatic rings. The third kappa shape index (κ3) is 1.85. The molecule has 0 spiro atoms. The smallest absolute Gasteiger partial charge is 0.254 e. The number of fused-ring (bicyclic) bond motifs is 3. The summed E-state index contributed by atoms with van der Waals surface area (Å²) < 4.78 is 1.06. The SMILES string of the molecule is CC[C@@]1(CO)C[C@@H]2CC[C@H]1N2C(=O)c1ccc2ncsc2c1. The van der Waals surface area contributed by atoms with Crippen molar-refractivity contribution in [3.63, 3.8) is 0 Å². The summed E-state index contributed by atoms with van der Waals surface area (Å²) >= 11 is 1.57. The van der Waals surface area contributed by atoms with Crippen molar-refractivity contribution >= 4 is 27.5 Å². The molecule has 3 atom stereocenters. The third-order valence-electron chi connectivity index (χ3n) is 5.68. The van der Waals surface area contributed by atoms with Crippen LogP contribution in [0.25, 0.3) is 10.2 Å². The molecule has 1 aromatic carbocycles. The molecule has 1 N–H and O–H groups in total. The van der Waals surface area contributed by atoms with Gasteiger partial charge in [-0.25, -0.2) is 4.98 Å². The molecule has 22 heavy (non-hydrogen) atoms. The van der Waals surface area contributed by atoms with Crippen LogP contribution < -0.4 is 0 Å². The van der Waals surface area contributed by atoms with E-state index < -0.39 is 0 Å². The van der Waals surface area contributed by atoms with Crippen molar-refractivity contribution in [2.75, 3.05) is 6.61 Å². The molecule has 2 saturated heterocycles. The Kier molecular flexibility index (Phi) is 3.24. The fourth-order valence-electron chi connectivity index (χ4n) is 4.40. The zero-order valence-electron chi connectivity index (χ0n) is 12.7. The minimum absolute atomic E-state index is 0.0901. The van der Waals surface area contributed by atoms with Crippen LogP contribution in [0.15, 0.2) is 23.7 Å². The van der Waals surface area contributed by atoms with Crippen LogP contribution in [0.1, 0.15) is 43.0 Å². The van der Waals surface area contributed by atoms with E-state index in [-0.39, 0.29) is 24.0 Å². The van der Waals surface area contributed by atoms with Crippen molar-refractivity contribution in [1.82, 2.24) is 9.88 Å². The lowest BCUT2D eigenvalue weighted by Gasteiger charge is -2.34. The van der Waals surface area contributed by atoms with Crippen molar-refractivity contribution in [2.45, 2.75) is 44.7 Å². The highest BCUT2D eigenvalue weighted by atomic mass is 32.1. The quantitative estimate of drug-likeness (QED) is 0.947. The monoisotopic (exact) mass is 316 g/mol. The Morgan fingerprint density at radius 1 is 1.50 bits per heavy atom. The number of benzene rings is 1. The summed E-state index contributed by atoms with van der Waals surface area (Å²) in [5.74, 6) is 0.117. The zero-order valence-corrected chi connectivity index (χ0v) is 13.5. The molecule has 0 unspecified atom stereocenters. The summed E-state index contributed by atoms with van der Waals surface area (Å²) in [4.78, 5) is 19.3. The van der Waals surface area contributed by atoms with Crippen molar-refractivity contribution in [3.8, 4) is 0 Å².